The van der Waals surface area contributed by atoms with Crippen molar-refractivity contribution in [1.29, 1.82) is 0 Å². The van der Waals surface area contributed by atoms with Gasteiger partial charge in [-0.2, -0.15) is 0 Å². The molecule has 0 saturated carbocycles. The average Bonchev–Trinajstić information content (AvgIpc) is 2.77. The zero-order chi connectivity index (χ0) is 23.1. The van der Waals surface area contributed by atoms with E-state index in [4.69, 9.17) is 16.3 Å². The highest BCUT2D eigenvalue weighted by atomic mass is 79.9. The van der Waals surface area contributed by atoms with Crippen molar-refractivity contribution < 1.29 is 17.9 Å². The van der Waals surface area contributed by atoms with Crippen molar-refractivity contribution in [3.8, 4) is 5.75 Å². The molecule has 0 aliphatic rings. The molecule has 32 heavy (non-hydrogen) atoms. The van der Waals surface area contributed by atoms with Crippen molar-refractivity contribution in [1.82, 2.24) is 5.32 Å². The maximum Gasteiger partial charge on any atom is 0.264 e. The first-order valence-corrected chi connectivity index (χ1v) is 12.4. The molecule has 0 unspecified atom stereocenters. The molecule has 3 rings (SSSR count). The van der Waals surface area contributed by atoms with E-state index < -0.39 is 15.9 Å². The number of aryl methyl sites for hydroxylation is 1. The van der Waals surface area contributed by atoms with Crippen LogP contribution in [0.3, 0.4) is 0 Å². The third-order valence-corrected chi connectivity index (χ3v) is 7.09. The smallest absolute Gasteiger partial charge is 0.264 e. The Morgan fingerprint density at radius 1 is 1.00 bits per heavy atom. The molecule has 1 N–H and O–H groups in total. The lowest BCUT2D eigenvalue weighted by molar-refractivity contribution is -0.119. The van der Waals surface area contributed by atoms with E-state index in [2.05, 4.69) is 21.2 Å². The van der Waals surface area contributed by atoms with E-state index in [-0.39, 0.29) is 24.6 Å². The number of sulfonamides is 1. The van der Waals surface area contributed by atoms with E-state index in [1.54, 1.807) is 60.7 Å². The number of ether oxygens (including phenoxy) is 1. The number of nitrogens with zero attached hydrogens (tertiary/aromatic N) is 1. The Hall–Kier alpha value is -2.55. The molecule has 1 amide bonds. The summed E-state index contributed by atoms with van der Waals surface area (Å²) in [5.74, 6) is 0.186. The summed E-state index contributed by atoms with van der Waals surface area (Å²) in [4.78, 5) is 12.7. The monoisotopic (exact) mass is 536 g/mol. The Bertz CT molecular complexity index is 1150. The maximum absolute atomic E-state index is 13.3. The molecule has 9 heteroatoms. The largest absolute Gasteiger partial charge is 0.492 e. The Kier molecular flexibility index (Phi) is 8.17. The molecule has 0 fully saturated rings. The molecule has 0 radical (unpaired) electrons. The van der Waals surface area contributed by atoms with Crippen molar-refractivity contribution in [2.24, 2.45) is 0 Å². The lowest BCUT2D eigenvalue weighted by Gasteiger charge is -2.24. The van der Waals surface area contributed by atoms with Gasteiger partial charge in [0.2, 0.25) is 5.91 Å². The van der Waals surface area contributed by atoms with Crippen LogP contribution in [0, 0.1) is 6.92 Å². The van der Waals surface area contributed by atoms with Crippen molar-refractivity contribution in [2.45, 2.75) is 11.8 Å². The Balaban J connectivity index is 1.69. The molecular weight excluding hydrogens is 516 g/mol. The number of anilines is 1. The van der Waals surface area contributed by atoms with E-state index in [1.165, 1.54) is 12.1 Å². The predicted octanol–water partition coefficient (Wildman–Crippen LogP) is 4.80. The van der Waals surface area contributed by atoms with E-state index in [0.29, 0.717) is 16.5 Å². The standard InChI is InChI=1S/C23H22BrClN2O4S/c1-17-2-12-22(13-3-17)32(29,30)27(20-8-4-18(24)5-9-20)16-23(28)26-14-15-31-21-10-6-19(25)7-11-21/h2-13H,14-16H2,1H3,(H,26,28). The number of nitrogens with one attached hydrogen (secondary N) is 1. The second kappa shape index (κ2) is 10.8. The van der Waals surface area contributed by atoms with E-state index in [1.807, 2.05) is 6.92 Å². The molecule has 0 heterocycles. The van der Waals surface area contributed by atoms with Crippen LogP contribution >= 0.6 is 27.5 Å². The summed E-state index contributed by atoms with van der Waals surface area (Å²) in [5.41, 5.74) is 1.33. The Morgan fingerprint density at radius 3 is 2.25 bits per heavy atom. The van der Waals surface area contributed by atoms with Crippen molar-refractivity contribution in [3.05, 3.63) is 87.9 Å². The summed E-state index contributed by atoms with van der Waals surface area (Å²) in [6, 6.07) is 20.1. The fourth-order valence-electron chi connectivity index (χ4n) is 2.84. The lowest BCUT2D eigenvalue weighted by atomic mass is 10.2. The van der Waals surface area contributed by atoms with Gasteiger partial charge in [-0.3, -0.25) is 9.10 Å². The SMILES string of the molecule is Cc1ccc(S(=O)(=O)N(CC(=O)NCCOc2ccc(Cl)cc2)c2ccc(Br)cc2)cc1. The van der Waals surface area contributed by atoms with Gasteiger partial charge in [0.25, 0.3) is 10.0 Å². The average molecular weight is 538 g/mol. The van der Waals surface area contributed by atoms with Gasteiger partial charge in [0.15, 0.2) is 0 Å². The van der Waals surface area contributed by atoms with E-state index in [9.17, 15) is 13.2 Å². The second-order valence-electron chi connectivity index (χ2n) is 6.95. The normalized spacial score (nSPS) is 11.1. The molecule has 0 atom stereocenters. The number of hydrogen-bond donors (Lipinski definition) is 1. The van der Waals surface area contributed by atoms with Gasteiger partial charge in [-0.05, 0) is 67.6 Å². The van der Waals surface area contributed by atoms with Gasteiger partial charge < -0.3 is 10.1 Å². The van der Waals surface area contributed by atoms with Crippen LogP contribution in [0.1, 0.15) is 5.56 Å². The van der Waals surface area contributed by atoms with Crippen LogP contribution in [0.4, 0.5) is 5.69 Å². The van der Waals surface area contributed by atoms with Gasteiger partial charge >= 0.3 is 0 Å². The fraction of sp³-hybridized carbons (Fsp3) is 0.174. The summed E-state index contributed by atoms with van der Waals surface area (Å²) in [6.45, 7) is 1.97. The molecule has 3 aromatic rings. The first-order valence-electron chi connectivity index (χ1n) is 9.76. The fourth-order valence-corrected chi connectivity index (χ4v) is 4.65. The van der Waals surface area contributed by atoms with Gasteiger partial charge in [-0.15, -0.1) is 0 Å². The molecule has 0 saturated heterocycles. The minimum absolute atomic E-state index is 0.116. The molecular formula is C23H22BrClN2O4S. The molecule has 168 valence electrons. The van der Waals surface area contributed by atoms with Gasteiger partial charge in [-0.1, -0.05) is 45.2 Å². The molecule has 0 aromatic heterocycles. The summed E-state index contributed by atoms with van der Waals surface area (Å²) in [5, 5.41) is 3.31. The third-order valence-electron chi connectivity index (χ3n) is 4.52. The van der Waals surface area contributed by atoms with Gasteiger partial charge in [0.1, 0.15) is 18.9 Å². The summed E-state index contributed by atoms with van der Waals surface area (Å²) in [6.07, 6.45) is 0. The lowest BCUT2D eigenvalue weighted by Crippen LogP contribution is -2.41. The molecule has 3 aromatic carbocycles. The first kappa shape index (κ1) is 24.1. The quantitative estimate of drug-likeness (QED) is 0.398. The highest BCUT2D eigenvalue weighted by Gasteiger charge is 2.27. The van der Waals surface area contributed by atoms with Crippen LogP contribution in [0.5, 0.6) is 5.75 Å². The van der Waals surface area contributed by atoms with Crippen LogP contribution in [-0.4, -0.2) is 34.0 Å². The maximum atomic E-state index is 13.3. The van der Waals surface area contributed by atoms with Gasteiger partial charge in [-0.25, -0.2) is 8.42 Å². The highest BCUT2D eigenvalue weighted by molar-refractivity contribution is 9.10. The minimum Gasteiger partial charge on any atom is -0.492 e. The molecule has 0 bridgehead atoms. The number of halogens is 2. The van der Waals surface area contributed by atoms with Crippen molar-refractivity contribution >= 4 is 49.1 Å². The number of hydrogen-bond acceptors (Lipinski definition) is 4. The molecule has 0 aliphatic heterocycles. The number of amides is 1. The molecule has 0 aliphatic carbocycles. The third kappa shape index (κ3) is 6.48. The van der Waals surface area contributed by atoms with Crippen LogP contribution in [0.25, 0.3) is 0 Å². The number of rotatable bonds is 9. The molecule has 6 nitrogen and oxygen atoms in total. The summed E-state index contributed by atoms with van der Waals surface area (Å²) >= 11 is 9.19. The zero-order valence-electron chi connectivity index (χ0n) is 17.3. The number of carbonyl (C=O) groups excluding carboxylic acids is 1. The Morgan fingerprint density at radius 2 is 1.62 bits per heavy atom. The summed E-state index contributed by atoms with van der Waals surface area (Å²) < 4.78 is 34.1. The second-order valence-corrected chi connectivity index (χ2v) is 10.2. The van der Waals surface area contributed by atoms with Crippen LogP contribution in [0.15, 0.2) is 82.2 Å². The van der Waals surface area contributed by atoms with Gasteiger partial charge in [0.05, 0.1) is 17.1 Å². The first-order chi connectivity index (χ1) is 15.3. The number of benzene rings is 3. The Labute approximate surface area is 201 Å². The van der Waals surface area contributed by atoms with Crippen molar-refractivity contribution in [2.75, 3.05) is 24.0 Å². The van der Waals surface area contributed by atoms with E-state index in [0.717, 1.165) is 14.3 Å². The zero-order valence-corrected chi connectivity index (χ0v) is 20.5. The van der Waals surface area contributed by atoms with Crippen LogP contribution < -0.4 is 14.4 Å². The van der Waals surface area contributed by atoms with Crippen LogP contribution in [0.2, 0.25) is 5.02 Å². The topological polar surface area (TPSA) is 75.7 Å². The molecule has 0 spiro atoms. The van der Waals surface area contributed by atoms with Gasteiger partial charge in [0, 0.05) is 9.50 Å². The highest BCUT2D eigenvalue weighted by Crippen LogP contribution is 2.25. The number of carbonyl (C=O) groups is 1. The van der Waals surface area contributed by atoms with E-state index >= 15 is 0 Å². The predicted molar refractivity (Wildman–Crippen MR) is 130 cm³/mol. The summed E-state index contributed by atoms with van der Waals surface area (Å²) in [7, 11) is -3.94. The minimum atomic E-state index is -3.94. The van der Waals surface area contributed by atoms with Crippen LogP contribution in [-0.2, 0) is 14.8 Å². The van der Waals surface area contributed by atoms with Crippen molar-refractivity contribution in [3.63, 3.8) is 0 Å².